The normalized spacial score (nSPS) is 11.9. The average molecular weight is 254 g/mol. The largest absolute Gasteiger partial charge is 0.393 e. The van der Waals surface area contributed by atoms with E-state index >= 15 is 0 Å². The summed E-state index contributed by atoms with van der Waals surface area (Å²) in [5, 5.41) is 2.64. The second kappa shape index (κ2) is 5.72. The molecule has 0 radical (unpaired) electrons. The van der Waals surface area contributed by atoms with Crippen LogP contribution in [0.5, 0.6) is 0 Å². The van der Waals surface area contributed by atoms with Crippen LogP contribution in [0.3, 0.4) is 0 Å². The number of rotatable bonds is 4. The molecule has 0 aliphatic rings. The van der Waals surface area contributed by atoms with Gasteiger partial charge >= 0.3 is 0 Å². The van der Waals surface area contributed by atoms with Crippen LogP contribution in [0.25, 0.3) is 0 Å². The van der Waals surface area contributed by atoms with Crippen molar-refractivity contribution >= 4 is 28.8 Å². The van der Waals surface area contributed by atoms with Gasteiger partial charge in [-0.15, -0.1) is 0 Å². The lowest BCUT2D eigenvalue weighted by Crippen LogP contribution is -2.32. The summed E-state index contributed by atoms with van der Waals surface area (Å²) in [5.41, 5.74) is 6.32. The maximum absolute atomic E-state index is 13.3. The second-order valence-corrected chi connectivity index (χ2v) is 4.24. The fraction of sp³-hybridized carbons (Fsp3) is 0.333. The highest BCUT2D eigenvalue weighted by Gasteiger charge is 2.20. The van der Waals surface area contributed by atoms with Gasteiger partial charge in [-0.25, -0.2) is 4.39 Å². The molecule has 0 saturated heterocycles. The van der Waals surface area contributed by atoms with E-state index < -0.39 is 5.92 Å². The molecule has 0 saturated carbocycles. The zero-order chi connectivity index (χ0) is 13.0. The summed E-state index contributed by atoms with van der Waals surface area (Å²) in [6, 6.07) is 4.53. The molecule has 3 nitrogen and oxygen atoms in total. The van der Waals surface area contributed by atoms with Crippen LogP contribution < -0.4 is 11.1 Å². The topological polar surface area (TPSA) is 55.1 Å². The molecular formula is C12H15FN2OS. The van der Waals surface area contributed by atoms with Crippen LogP contribution in [-0.2, 0) is 4.79 Å². The van der Waals surface area contributed by atoms with Crippen LogP contribution >= 0.6 is 12.2 Å². The Morgan fingerprint density at radius 2 is 2.24 bits per heavy atom. The summed E-state index contributed by atoms with van der Waals surface area (Å²) in [6.45, 7) is 3.43. The van der Waals surface area contributed by atoms with Crippen molar-refractivity contribution in [2.75, 3.05) is 5.32 Å². The molecule has 0 heterocycles. The van der Waals surface area contributed by atoms with Gasteiger partial charge in [0.05, 0.1) is 10.9 Å². The van der Waals surface area contributed by atoms with Crippen molar-refractivity contribution in [2.24, 2.45) is 11.7 Å². The van der Waals surface area contributed by atoms with Gasteiger partial charge in [0.2, 0.25) is 5.91 Å². The summed E-state index contributed by atoms with van der Waals surface area (Å²) in [6.07, 6.45) is 0.523. The number of hydrogen-bond donors (Lipinski definition) is 2. The Labute approximate surface area is 105 Å². The Balaban J connectivity index is 2.88. The third-order valence-corrected chi connectivity index (χ3v) is 2.88. The molecule has 1 unspecified atom stereocenters. The number of halogens is 1. The van der Waals surface area contributed by atoms with E-state index in [4.69, 9.17) is 18.0 Å². The number of carbonyl (C=O) groups excluding carboxylic acids is 1. The van der Waals surface area contributed by atoms with Crippen molar-refractivity contribution in [3.05, 3.63) is 29.6 Å². The van der Waals surface area contributed by atoms with Crippen molar-refractivity contribution in [1.82, 2.24) is 0 Å². The standard InChI is InChI=1S/C12H15FN2OS/c1-3-8(11(14)17)12(16)15-10-6-4-5-9(13)7(10)2/h4-6,8H,3H2,1-2H3,(H2,14,17)(H,15,16). The molecule has 1 rings (SSSR count). The van der Waals surface area contributed by atoms with Gasteiger partial charge in [0.15, 0.2) is 0 Å². The number of amides is 1. The van der Waals surface area contributed by atoms with Gasteiger partial charge in [-0.1, -0.05) is 25.2 Å². The minimum Gasteiger partial charge on any atom is -0.393 e. The van der Waals surface area contributed by atoms with E-state index in [9.17, 15) is 9.18 Å². The number of anilines is 1. The van der Waals surface area contributed by atoms with Crippen LogP contribution in [0.2, 0.25) is 0 Å². The average Bonchev–Trinajstić information content (AvgIpc) is 2.25. The molecule has 0 fully saturated rings. The van der Waals surface area contributed by atoms with Crippen molar-refractivity contribution in [3.8, 4) is 0 Å². The zero-order valence-electron chi connectivity index (χ0n) is 9.79. The van der Waals surface area contributed by atoms with Crippen LogP contribution in [0.15, 0.2) is 18.2 Å². The quantitative estimate of drug-likeness (QED) is 0.811. The lowest BCUT2D eigenvalue weighted by molar-refractivity contribution is -0.118. The Morgan fingerprint density at radius 1 is 1.59 bits per heavy atom. The van der Waals surface area contributed by atoms with Crippen LogP contribution in [0, 0.1) is 18.7 Å². The number of nitrogens with one attached hydrogen (secondary N) is 1. The summed E-state index contributed by atoms with van der Waals surface area (Å²) in [4.78, 5) is 12.0. The third-order valence-electron chi connectivity index (χ3n) is 2.59. The number of thiocarbonyl (C=S) groups is 1. The highest BCUT2D eigenvalue weighted by atomic mass is 32.1. The molecule has 17 heavy (non-hydrogen) atoms. The molecule has 0 bridgehead atoms. The van der Waals surface area contributed by atoms with E-state index in [0.29, 0.717) is 17.7 Å². The van der Waals surface area contributed by atoms with Gasteiger partial charge in [0, 0.05) is 11.3 Å². The van der Waals surface area contributed by atoms with E-state index in [1.54, 1.807) is 19.1 Å². The first-order valence-electron chi connectivity index (χ1n) is 5.32. The summed E-state index contributed by atoms with van der Waals surface area (Å²) < 4.78 is 13.3. The van der Waals surface area contributed by atoms with Gasteiger partial charge in [0.1, 0.15) is 5.82 Å². The van der Waals surface area contributed by atoms with Gasteiger partial charge in [-0.2, -0.15) is 0 Å². The molecule has 1 atom stereocenters. The Hall–Kier alpha value is -1.49. The number of carbonyl (C=O) groups is 1. The Kier molecular flexibility index (Phi) is 4.57. The monoisotopic (exact) mass is 254 g/mol. The lowest BCUT2D eigenvalue weighted by Gasteiger charge is -2.14. The first-order valence-corrected chi connectivity index (χ1v) is 5.73. The SMILES string of the molecule is CCC(C(=O)Nc1cccc(F)c1C)C(N)=S. The maximum atomic E-state index is 13.3. The van der Waals surface area contributed by atoms with E-state index in [1.165, 1.54) is 6.07 Å². The fourth-order valence-electron chi connectivity index (χ4n) is 1.48. The maximum Gasteiger partial charge on any atom is 0.234 e. The first-order chi connectivity index (χ1) is 7.97. The molecule has 5 heteroatoms. The Bertz CT molecular complexity index is 448. The molecular weight excluding hydrogens is 239 g/mol. The summed E-state index contributed by atoms with van der Waals surface area (Å²) in [7, 11) is 0. The molecule has 0 aliphatic carbocycles. The Morgan fingerprint density at radius 3 is 2.76 bits per heavy atom. The number of nitrogens with two attached hydrogens (primary N) is 1. The van der Waals surface area contributed by atoms with E-state index in [1.807, 2.05) is 6.92 Å². The first kappa shape index (κ1) is 13.6. The number of benzene rings is 1. The molecule has 1 aromatic rings. The number of hydrogen-bond acceptors (Lipinski definition) is 2. The predicted molar refractivity (Wildman–Crippen MR) is 70.3 cm³/mol. The third kappa shape index (κ3) is 3.23. The van der Waals surface area contributed by atoms with Gasteiger partial charge in [0.25, 0.3) is 0 Å². The molecule has 0 aliphatic heterocycles. The van der Waals surface area contributed by atoms with Crippen LogP contribution in [-0.4, -0.2) is 10.9 Å². The second-order valence-electron chi connectivity index (χ2n) is 3.76. The van der Waals surface area contributed by atoms with E-state index in [0.717, 1.165) is 0 Å². The molecule has 92 valence electrons. The summed E-state index contributed by atoms with van der Waals surface area (Å²) in [5.74, 6) is -1.17. The lowest BCUT2D eigenvalue weighted by atomic mass is 10.1. The van der Waals surface area contributed by atoms with Gasteiger partial charge < -0.3 is 11.1 Å². The van der Waals surface area contributed by atoms with Crippen molar-refractivity contribution in [2.45, 2.75) is 20.3 Å². The molecule has 1 amide bonds. The van der Waals surface area contributed by atoms with Gasteiger partial charge in [-0.3, -0.25) is 4.79 Å². The molecule has 0 aromatic heterocycles. The van der Waals surface area contributed by atoms with Gasteiger partial charge in [-0.05, 0) is 25.5 Å². The smallest absolute Gasteiger partial charge is 0.234 e. The van der Waals surface area contributed by atoms with Crippen LogP contribution in [0.1, 0.15) is 18.9 Å². The highest BCUT2D eigenvalue weighted by molar-refractivity contribution is 7.80. The van der Waals surface area contributed by atoms with E-state index in [2.05, 4.69) is 5.32 Å². The fourth-order valence-corrected chi connectivity index (χ4v) is 1.75. The minimum atomic E-state index is -0.521. The van der Waals surface area contributed by atoms with Crippen molar-refractivity contribution in [3.63, 3.8) is 0 Å². The van der Waals surface area contributed by atoms with Crippen molar-refractivity contribution in [1.29, 1.82) is 0 Å². The van der Waals surface area contributed by atoms with Crippen LogP contribution in [0.4, 0.5) is 10.1 Å². The zero-order valence-corrected chi connectivity index (χ0v) is 10.6. The molecule has 0 spiro atoms. The highest BCUT2D eigenvalue weighted by Crippen LogP contribution is 2.18. The van der Waals surface area contributed by atoms with Crippen molar-refractivity contribution < 1.29 is 9.18 Å². The van der Waals surface area contributed by atoms with E-state index in [-0.39, 0.29) is 16.7 Å². The molecule has 1 aromatic carbocycles. The summed E-state index contributed by atoms with van der Waals surface area (Å²) >= 11 is 4.81. The predicted octanol–water partition coefficient (Wildman–Crippen LogP) is 2.38. The molecule has 3 N–H and O–H groups in total. The minimum absolute atomic E-state index is 0.152.